The summed E-state index contributed by atoms with van der Waals surface area (Å²) in [6.45, 7) is 10.2. The first-order valence-electron chi connectivity index (χ1n) is 14.6. The number of morpholine rings is 2. The van der Waals surface area contributed by atoms with E-state index in [2.05, 4.69) is 72.5 Å². The van der Waals surface area contributed by atoms with E-state index in [0.717, 1.165) is 110 Å². The fourth-order valence-corrected chi connectivity index (χ4v) is 5.53. The first kappa shape index (κ1) is 26.7. The maximum Gasteiger partial charge on any atom is 0.228 e. The van der Waals surface area contributed by atoms with Crippen molar-refractivity contribution in [2.75, 3.05) is 69.4 Å². The average Bonchev–Trinajstić information content (AvgIpc) is 3.67. The van der Waals surface area contributed by atoms with Crippen LogP contribution in [0.2, 0.25) is 0 Å². The normalized spacial score (nSPS) is 17.9. The van der Waals surface area contributed by atoms with Crippen LogP contribution in [-0.4, -0.2) is 95.2 Å². The highest BCUT2D eigenvalue weighted by Gasteiger charge is 2.18. The Morgan fingerprint density at radius 2 is 1.57 bits per heavy atom. The second-order valence-electron chi connectivity index (χ2n) is 10.9. The summed E-state index contributed by atoms with van der Waals surface area (Å²) in [7, 11) is 0. The molecule has 5 heterocycles. The van der Waals surface area contributed by atoms with Gasteiger partial charge >= 0.3 is 0 Å². The number of nitrogens with zero attached hydrogens (tertiary/aromatic N) is 8. The molecule has 0 radical (unpaired) electrons. The maximum atomic E-state index is 5.59. The van der Waals surface area contributed by atoms with Crippen molar-refractivity contribution in [1.82, 2.24) is 24.6 Å². The number of benzene rings is 2. The number of hydrogen-bond donors (Lipinski definition) is 1. The highest BCUT2D eigenvalue weighted by atomic mass is 16.5. The van der Waals surface area contributed by atoms with E-state index in [1.54, 1.807) is 0 Å². The third-order valence-corrected chi connectivity index (χ3v) is 7.94. The molecule has 11 nitrogen and oxygen atoms in total. The van der Waals surface area contributed by atoms with Gasteiger partial charge in [0.25, 0.3) is 0 Å². The molecule has 7 rings (SSSR count). The van der Waals surface area contributed by atoms with Gasteiger partial charge in [0.15, 0.2) is 0 Å². The zero-order chi connectivity index (χ0) is 28.3. The maximum absolute atomic E-state index is 5.59. The fourth-order valence-electron chi connectivity index (χ4n) is 5.53. The number of rotatable bonds is 8. The second-order valence-corrected chi connectivity index (χ2v) is 10.9. The van der Waals surface area contributed by atoms with E-state index in [4.69, 9.17) is 24.5 Å². The molecule has 3 aliphatic rings. The lowest BCUT2D eigenvalue weighted by Crippen LogP contribution is -2.38. The Kier molecular flexibility index (Phi) is 7.60. The van der Waals surface area contributed by atoms with Crippen molar-refractivity contribution in [3.8, 4) is 11.3 Å². The van der Waals surface area contributed by atoms with Crippen LogP contribution in [0.25, 0.3) is 22.2 Å². The van der Waals surface area contributed by atoms with Crippen LogP contribution in [0.1, 0.15) is 18.9 Å². The summed E-state index contributed by atoms with van der Waals surface area (Å²) in [6.07, 6.45) is 2.74. The molecule has 0 amide bonds. The van der Waals surface area contributed by atoms with Crippen molar-refractivity contribution in [3.05, 3.63) is 60.3 Å². The van der Waals surface area contributed by atoms with E-state index in [1.807, 2.05) is 19.2 Å². The van der Waals surface area contributed by atoms with Gasteiger partial charge in [-0.3, -0.25) is 9.58 Å². The zero-order valence-electron chi connectivity index (χ0n) is 23.9. The van der Waals surface area contributed by atoms with Crippen molar-refractivity contribution in [3.63, 3.8) is 0 Å². The topological polar surface area (TPSA) is 105 Å². The molecular formula is C31H35N9O2. The summed E-state index contributed by atoms with van der Waals surface area (Å²) >= 11 is 0. The van der Waals surface area contributed by atoms with Crippen molar-refractivity contribution < 1.29 is 9.47 Å². The molecule has 0 unspecified atom stereocenters. The molecule has 1 N–H and O–H groups in total. The largest absolute Gasteiger partial charge is 0.379 e. The molecular weight excluding hydrogens is 530 g/mol. The minimum Gasteiger partial charge on any atom is -0.379 e. The molecule has 216 valence electrons. The minimum atomic E-state index is 0.666. The molecule has 4 aromatic rings. The number of hydrogen-bond acceptors (Lipinski definition) is 10. The van der Waals surface area contributed by atoms with Crippen LogP contribution in [0.3, 0.4) is 0 Å². The fraction of sp³-hybridized carbons (Fsp3) is 0.387. The van der Waals surface area contributed by atoms with Gasteiger partial charge in [0.05, 0.1) is 56.1 Å². The molecule has 0 saturated carbocycles. The van der Waals surface area contributed by atoms with Crippen molar-refractivity contribution in [1.29, 1.82) is 0 Å². The van der Waals surface area contributed by atoms with Crippen LogP contribution in [0.5, 0.6) is 0 Å². The van der Waals surface area contributed by atoms with Crippen LogP contribution in [0, 0.1) is 0 Å². The van der Waals surface area contributed by atoms with Gasteiger partial charge in [-0.05, 0) is 30.7 Å². The Balaban J connectivity index is 1.17. The Morgan fingerprint density at radius 3 is 2.33 bits per heavy atom. The first-order valence-corrected chi connectivity index (χ1v) is 14.6. The molecule has 0 bridgehead atoms. The number of ether oxygens (including phenoxy) is 2. The van der Waals surface area contributed by atoms with E-state index in [9.17, 15) is 0 Å². The third kappa shape index (κ3) is 5.89. The second kappa shape index (κ2) is 12.0. The number of aromatic nitrogens is 4. The Bertz CT molecular complexity index is 1620. The Morgan fingerprint density at radius 1 is 0.810 bits per heavy atom. The van der Waals surface area contributed by atoms with Crippen LogP contribution in [0.15, 0.2) is 64.9 Å². The molecule has 3 aliphatic heterocycles. The summed E-state index contributed by atoms with van der Waals surface area (Å²) in [6, 6.07) is 16.7. The predicted molar refractivity (Wildman–Crippen MR) is 165 cm³/mol. The van der Waals surface area contributed by atoms with Gasteiger partial charge in [-0.2, -0.15) is 20.3 Å². The summed E-state index contributed by atoms with van der Waals surface area (Å²) in [5.74, 6) is 1.44. The van der Waals surface area contributed by atoms with Crippen molar-refractivity contribution in [2.24, 2.45) is 10.2 Å². The standard InChI is InChI=1S/C31H35N9O2/c1-22-18-28(37-36-22)23-4-6-26(7-5-23)33-30-20-27(34-31(35-30)39-12-16-42-17-13-39)24-2-3-25-21-32-40(29(25)19-24)9-8-38-10-14-41-15-11-38/h2-7,19-21H,8-18H2,1H3,(H,33,34,35). The smallest absolute Gasteiger partial charge is 0.228 e. The number of fused-ring (bicyclic) bond motifs is 1. The lowest BCUT2D eigenvalue weighted by Gasteiger charge is -2.27. The van der Waals surface area contributed by atoms with Gasteiger partial charge < -0.3 is 19.7 Å². The van der Waals surface area contributed by atoms with Crippen LogP contribution in [0.4, 0.5) is 17.5 Å². The van der Waals surface area contributed by atoms with E-state index >= 15 is 0 Å². The van der Waals surface area contributed by atoms with E-state index < -0.39 is 0 Å². The van der Waals surface area contributed by atoms with Crippen LogP contribution < -0.4 is 10.2 Å². The number of anilines is 3. The molecule has 2 saturated heterocycles. The highest BCUT2D eigenvalue weighted by molar-refractivity contribution is 6.14. The monoisotopic (exact) mass is 565 g/mol. The summed E-state index contributed by atoms with van der Waals surface area (Å²) in [5, 5.41) is 17.8. The lowest BCUT2D eigenvalue weighted by molar-refractivity contribution is 0.0361. The molecule has 0 aliphatic carbocycles. The molecule has 2 aromatic carbocycles. The van der Waals surface area contributed by atoms with Crippen LogP contribution in [-0.2, 0) is 16.0 Å². The predicted octanol–water partition coefficient (Wildman–Crippen LogP) is 3.97. The van der Waals surface area contributed by atoms with Crippen molar-refractivity contribution in [2.45, 2.75) is 19.9 Å². The SMILES string of the molecule is CC1=NN=C(c2ccc(Nc3cc(-c4ccc5cnn(CCN6CCOCC6)c5c4)nc(N4CCOCC4)n3)cc2)C1. The molecule has 2 fully saturated rings. The molecule has 2 aromatic heterocycles. The van der Waals surface area contributed by atoms with E-state index in [1.165, 1.54) is 0 Å². The molecule has 42 heavy (non-hydrogen) atoms. The van der Waals surface area contributed by atoms with Gasteiger partial charge in [-0.15, -0.1) is 0 Å². The summed E-state index contributed by atoms with van der Waals surface area (Å²) in [4.78, 5) is 14.6. The van der Waals surface area contributed by atoms with E-state index in [-0.39, 0.29) is 0 Å². The summed E-state index contributed by atoms with van der Waals surface area (Å²) in [5.41, 5.74) is 7.06. The third-order valence-electron chi connectivity index (χ3n) is 7.94. The quantitative estimate of drug-likeness (QED) is 0.342. The Labute approximate surface area is 244 Å². The average molecular weight is 566 g/mol. The van der Waals surface area contributed by atoms with Gasteiger partial charge in [0, 0.05) is 67.6 Å². The van der Waals surface area contributed by atoms with E-state index in [0.29, 0.717) is 19.2 Å². The first-order chi connectivity index (χ1) is 20.7. The zero-order valence-corrected chi connectivity index (χ0v) is 23.9. The van der Waals surface area contributed by atoms with Gasteiger partial charge in [0.2, 0.25) is 5.95 Å². The minimum absolute atomic E-state index is 0.666. The molecule has 0 spiro atoms. The lowest BCUT2D eigenvalue weighted by atomic mass is 10.1. The molecule has 0 atom stereocenters. The van der Waals surface area contributed by atoms with Gasteiger partial charge in [-0.25, -0.2) is 4.98 Å². The highest BCUT2D eigenvalue weighted by Crippen LogP contribution is 2.28. The summed E-state index contributed by atoms with van der Waals surface area (Å²) < 4.78 is 13.2. The Hall–Kier alpha value is -4.19. The van der Waals surface area contributed by atoms with Crippen LogP contribution >= 0.6 is 0 Å². The number of nitrogens with one attached hydrogen (secondary N) is 1. The molecule has 11 heteroatoms. The van der Waals surface area contributed by atoms with Gasteiger partial charge in [-0.1, -0.05) is 24.3 Å². The van der Waals surface area contributed by atoms with Gasteiger partial charge in [0.1, 0.15) is 5.82 Å². The van der Waals surface area contributed by atoms with Crippen molar-refractivity contribution >= 4 is 39.8 Å².